The molecule has 2 rings (SSSR count). The summed E-state index contributed by atoms with van der Waals surface area (Å²) < 4.78 is 5.02. The first kappa shape index (κ1) is 13.1. The molecule has 0 aromatic carbocycles. The summed E-state index contributed by atoms with van der Waals surface area (Å²) in [5.74, 6) is -0.284. The van der Waals surface area contributed by atoms with Crippen LogP contribution in [0.5, 0.6) is 0 Å². The molecule has 19 heavy (non-hydrogen) atoms. The predicted molar refractivity (Wildman–Crippen MR) is 71.4 cm³/mol. The van der Waals surface area contributed by atoms with Crippen LogP contribution in [-0.2, 0) is 13.0 Å². The Labute approximate surface area is 111 Å². The lowest BCUT2D eigenvalue weighted by atomic mass is 10.2. The molecule has 0 fully saturated rings. The molecule has 2 aromatic heterocycles. The molecule has 2 aromatic rings. The molecule has 0 amide bonds. The van der Waals surface area contributed by atoms with E-state index in [-0.39, 0.29) is 5.56 Å². The van der Waals surface area contributed by atoms with Crippen LogP contribution < -0.4 is 4.90 Å². The second-order valence-corrected chi connectivity index (χ2v) is 4.35. The van der Waals surface area contributed by atoms with Crippen LogP contribution in [0, 0.1) is 0 Å². The van der Waals surface area contributed by atoms with E-state index in [2.05, 4.69) is 4.98 Å². The van der Waals surface area contributed by atoms with Crippen molar-refractivity contribution in [3.63, 3.8) is 0 Å². The predicted octanol–water partition coefficient (Wildman–Crippen LogP) is 2.57. The van der Waals surface area contributed by atoms with Gasteiger partial charge in [-0.1, -0.05) is 6.92 Å². The summed E-state index contributed by atoms with van der Waals surface area (Å²) in [5, 5.41) is 9.11. The van der Waals surface area contributed by atoms with Gasteiger partial charge in [-0.2, -0.15) is 0 Å². The van der Waals surface area contributed by atoms with Crippen LogP contribution in [0.2, 0.25) is 0 Å². The number of aryl methyl sites for hydroxylation is 1. The fraction of sp³-hybridized carbons (Fsp3) is 0.286. The number of carboxylic acids is 1. The molecule has 0 unspecified atom stereocenters. The highest BCUT2D eigenvalue weighted by molar-refractivity contribution is 5.88. The van der Waals surface area contributed by atoms with Gasteiger partial charge in [0.2, 0.25) is 0 Å². The quantitative estimate of drug-likeness (QED) is 0.895. The minimum absolute atomic E-state index is 0.265. The molecule has 5 nitrogen and oxygen atoms in total. The zero-order valence-electron chi connectivity index (χ0n) is 11.0. The standard InChI is InChI=1S/C14H16N2O3/c1-3-12-6-11(14(17)18)7-13(15-12)16(2)8-10-4-5-19-9-10/h4-7,9H,3,8H2,1-2H3,(H,17,18). The van der Waals surface area contributed by atoms with Gasteiger partial charge in [-0.15, -0.1) is 0 Å². The fourth-order valence-corrected chi connectivity index (χ4v) is 1.81. The molecule has 0 saturated carbocycles. The number of hydrogen-bond acceptors (Lipinski definition) is 4. The molecule has 0 aliphatic carbocycles. The lowest BCUT2D eigenvalue weighted by Crippen LogP contribution is -2.18. The molecule has 2 heterocycles. The summed E-state index contributed by atoms with van der Waals surface area (Å²) in [5.41, 5.74) is 2.05. The number of carbonyl (C=O) groups is 1. The van der Waals surface area contributed by atoms with E-state index in [9.17, 15) is 4.79 Å². The van der Waals surface area contributed by atoms with Crippen LogP contribution in [0.4, 0.5) is 5.82 Å². The van der Waals surface area contributed by atoms with E-state index in [1.165, 1.54) is 0 Å². The van der Waals surface area contributed by atoms with Gasteiger partial charge >= 0.3 is 5.97 Å². The highest BCUT2D eigenvalue weighted by atomic mass is 16.4. The van der Waals surface area contributed by atoms with Gasteiger partial charge in [0.25, 0.3) is 0 Å². The largest absolute Gasteiger partial charge is 0.478 e. The van der Waals surface area contributed by atoms with Crippen molar-refractivity contribution in [2.75, 3.05) is 11.9 Å². The van der Waals surface area contributed by atoms with Crippen LogP contribution >= 0.6 is 0 Å². The monoisotopic (exact) mass is 260 g/mol. The Morgan fingerprint density at radius 3 is 2.84 bits per heavy atom. The molecule has 0 spiro atoms. The van der Waals surface area contributed by atoms with Crippen LogP contribution in [-0.4, -0.2) is 23.1 Å². The lowest BCUT2D eigenvalue weighted by Gasteiger charge is -2.18. The van der Waals surface area contributed by atoms with Crippen molar-refractivity contribution in [1.29, 1.82) is 0 Å². The van der Waals surface area contributed by atoms with Gasteiger partial charge in [-0.3, -0.25) is 0 Å². The van der Waals surface area contributed by atoms with E-state index in [0.29, 0.717) is 18.8 Å². The van der Waals surface area contributed by atoms with Crippen molar-refractivity contribution in [1.82, 2.24) is 4.98 Å². The number of hydrogen-bond donors (Lipinski definition) is 1. The Morgan fingerprint density at radius 1 is 1.47 bits per heavy atom. The molecule has 0 aliphatic rings. The number of aromatic carboxylic acids is 1. The number of anilines is 1. The Bertz CT molecular complexity index is 564. The molecule has 0 saturated heterocycles. The first-order valence-corrected chi connectivity index (χ1v) is 6.06. The fourth-order valence-electron chi connectivity index (χ4n) is 1.81. The topological polar surface area (TPSA) is 66.6 Å². The number of furan rings is 1. The van der Waals surface area contributed by atoms with Crippen molar-refractivity contribution >= 4 is 11.8 Å². The van der Waals surface area contributed by atoms with E-state index in [0.717, 1.165) is 11.3 Å². The number of carboxylic acid groups (broad SMARTS) is 1. The second-order valence-electron chi connectivity index (χ2n) is 4.35. The number of pyridine rings is 1. The maximum absolute atomic E-state index is 11.1. The average Bonchev–Trinajstić information content (AvgIpc) is 2.90. The Morgan fingerprint density at radius 2 is 2.26 bits per heavy atom. The summed E-state index contributed by atoms with van der Waals surface area (Å²) in [6.07, 6.45) is 3.98. The molecule has 0 radical (unpaired) electrons. The van der Waals surface area contributed by atoms with Crippen molar-refractivity contribution in [2.24, 2.45) is 0 Å². The Hall–Kier alpha value is -2.30. The van der Waals surface area contributed by atoms with Crippen molar-refractivity contribution < 1.29 is 14.3 Å². The highest BCUT2D eigenvalue weighted by Crippen LogP contribution is 2.17. The highest BCUT2D eigenvalue weighted by Gasteiger charge is 2.11. The van der Waals surface area contributed by atoms with Crippen molar-refractivity contribution in [3.05, 3.63) is 47.5 Å². The third-order valence-corrected chi connectivity index (χ3v) is 2.87. The number of nitrogens with zero attached hydrogens (tertiary/aromatic N) is 2. The second kappa shape index (κ2) is 5.56. The number of rotatable bonds is 5. The Kier molecular flexibility index (Phi) is 3.85. The first-order chi connectivity index (χ1) is 9.10. The number of aromatic nitrogens is 1. The summed E-state index contributed by atoms with van der Waals surface area (Å²) in [6, 6.07) is 5.07. The summed E-state index contributed by atoms with van der Waals surface area (Å²) in [7, 11) is 1.88. The van der Waals surface area contributed by atoms with Crippen molar-refractivity contribution in [2.45, 2.75) is 19.9 Å². The zero-order chi connectivity index (χ0) is 13.8. The van der Waals surface area contributed by atoms with Gasteiger partial charge in [0.05, 0.1) is 18.1 Å². The van der Waals surface area contributed by atoms with E-state index in [1.807, 2.05) is 24.9 Å². The van der Waals surface area contributed by atoms with Crippen LogP contribution in [0.25, 0.3) is 0 Å². The summed E-state index contributed by atoms with van der Waals surface area (Å²) >= 11 is 0. The smallest absolute Gasteiger partial charge is 0.335 e. The maximum Gasteiger partial charge on any atom is 0.335 e. The molecular weight excluding hydrogens is 244 g/mol. The van der Waals surface area contributed by atoms with Gasteiger partial charge < -0.3 is 14.4 Å². The van der Waals surface area contributed by atoms with Gasteiger partial charge in [-0.05, 0) is 24.6 Å². The SMILES string of the molecule is CCc1cc(C(=O)O)cc(N(C)Cc2ccoc2)n1. The van der Waals surface area contributed by atoms with Crippen LogP contribution in [0.15, 0.2) is 35.1 Å². The average molecular weight is 260 g/mol. The lowest BCUT2D eigenvalue weighted by molar-refractivity contribution is 0.0696. The van der Waals surface area contributed by atoms with E-state index in [1.54, 1.807) is 24.7 Å². The molecule has 0 atom stereocenters. The van der Waals surface area contributed by atoms with Gasteiger partial charge in [0, 0.05) is 24.8 Å². The maximum atomic E-state index is 11.1. The van der Waals surface area contributed by atoms with Crippen LogP contribution in [0.3, 0.4) is 0 Å². The minimum Gasteiger partial charge on any atom is -0.478 e. The van der Waals surface area contributed by atoms with E-state index in [4.69, 9.17) is 9.52 Å². The van der Waals surface area contributed by atoms with E-state index >= 15 is 0 Å². The molecule has 0 bridgehead atoms. The molecule has 1 N–H and O–H groups in total. The third-order valence-electron chi connectivity index (χ3n) is 2.87. The Balaban J connectivity index is 2.27. The zero-order valence-corrected chi connectivity index (χ0v) is 11.0. The molecule has 100 valence electrons. The third kappa shape index (κ3) is 3.13. The molecular formula is C14H16N2O3. The van der Waals surface area contributed by atoms with E-state index < -0.39 is 5.97 Å². The minimum atomic E-state index is -0.935. The normalized spacial score (nSPS) is 10.4. The first-order valence-electron chi connectivity index (χ1n) is 6.06. The van der Waals surface area contributed by atoms with Crippen molar-refractivity contribution in [3.8, 4) is 0 Å². The summed E-state index contributed by atoms with van der Waals surface area (Å²) in [6.45, 7) is 2.57. The molecule has 5 heteroatoms. The van der Waals surface area contributed by atoms with Gasteiger partial charge in [0.15, 0.2) is 0 Å². The van der Waals surface area contributed by atoms with Gasteiger partial charge in [-0.25, -0.2) is 9.78 Å². The summed E-state index contributed by atoms with van der Waals surface area (Å²) in [4.78, 5) is 17.4. The molecule has 0 aliphatic heterocycles. The van der Waals surface area contributed by atoms with Gasteiger partial charge in [0.1, 0.15) is 5.82 Å². The van der Waals surface area contributed by atoms with Crippen LogP contribution in [0.1, 0.15) is 28.5 Å².